The van der Waals surface area contributed by atoms with Crippen molar-refractivity contribution in [1.82, 2.24) is 4.98 Å². The van der Waals surface area contributed by atoms with Crippen molar-refractivity contribution < 1.29 is 14.3 Å². The molecule has 0 amide bonds. The van der Waals surface area contributed by atoms with E-state index < -0.39 is 0 Å². The van der Waals surface area contributed by atoms with E-state index in [1.807, 2.05) is 28.5 Å². The van der Waals surface area contributed by atoms with Crippen LogP contribution in [0.5, 0.6) is 5.75 Å². The monoisotopic (exact) mass is 333 g/mol. The minimum atomic E-state index is -0.268. The Morgan fingerprint density at radius 3 is 3.04 bits per heavy atom. The molecule has 1 aliphatic heterocycles. The SMILES string of the molecule is CCC1CN(CC(=O)OC)c2cc(-c3csc(N)n3)ccc2O1. The molecule has 6 nitrogen and oxygen atoms in total. The number of anilines is 2. The van der Waals surface area contributed by atoms with Gasteiger partial charge >= 0.3 is 5.97 Å². The van der Waals surface area contributed by atoms with E-state index in [1.165, 1.54) is 18.4 Å². The van der Waals surface area contributed by atoms with Gasteiger partial charge in [-0.3, -0.25) is 4.79 Å². The lowest BCUT2D eigenvalue weighted by atomic mass is 10.1. The molecule has 2 heterocycles. The molecule has 2 N–H and O–H groups in total. The Balaban J connectivity index is 1.96. The molecule has 0 saturated heterocycles. The molecule has 0 spiro atoms. The molecule has 1 atom stereocenters. The molecule has 0 fully saturated rings. The van der Waals surface area contributed by atoms with Gasteiger partial charge in [0.15, 0.2) is 5.13 Å². The molecule has 3 rings (SSSR count). The van der Waals surface area contributed by atoms with Crippen molar-refractivity contribution in [2.24, 2.45) is 0 Å². The van der Waals surface area contributed by atoms with Gasteiger partial charge in [0, 0.05) is 10.9 Å². The second kappa shape index (κ2) is 6.45. The lowest BCUT2D eigenvalue weighted by Crippen LogP contribution is -2.42. The summed E-state index contributed by atoms with van der Waals surface area (Å²) in [6.07, 6.45) is 0.939. The van der Waals surface area contributed by atoms with Gasteiger partial charge in [0.2, 0.25) is 0 Å². The lowest BCUT2D eigenvalue weighted by Gasteiger charge is -2.35. The number of nitrogen functional groups attached to an aromatic ring is 1. The molecule has 7 heteroatoms. The van der Waals surface area contributed by atoms with Gasteiger partial charge in [-0.05, 0) is 24.6 Å². The zero-order chi connectivity index (χ0) is 16.4. The van der Waals surface area contributed by atoms with Crippen LogP contribution < -0.4 is 15.4 Å². The van der Waals surface area contributed by atoms with E-state index in [9.17, 15) is 4.79 Å². The van der Waals surface area contributed by atoms with Crippen molar-refractivity contribution in [2.75, 3.05) is 30.8 Å². The maximum Gasteiger partial charge on any atom is 0.325 e. The largest absolute Gasteiger partial charge is 0.486 e. The first kappa shape index (κ1) is 15.6. The van der Waals surface area contributed by atoms with Crippen LogP contribution in [0.25, 0.3) is 11.3 Å². The minimum Gasteiger partial charge on any atom is -0.486 e. The number of nitrogens with two attached hydrogens (primary N) is 1. The fourth-order valence-electron chi connectivity index (χ4n) is 2.59. The normalized spacial score (nSPS) is 16.6. The first-order chi connectivity index (χ1) is 11.1. The van der Waals surface area contributed by atoms with Crippen LogP contribution in [0, 0.1) is 0 Å². The number of fused-ring (bicyclic) bond motifs is 1. The molecule has 0 saturated carbocycles. The molecular formula is C16H19N3O3S. The first-order valence-electron chi connectivity index (χ1n) is 7.44. The Hall–Kier alpha value is -2.28. The summed E-state index contributed by atoms with van der Waals surface area (Å²) in [6, 6.07) is 5.87. The summed E-state index contributed by atoms with van der Waals surface area (Å²) in [5.41, 5.74) is 8.37. The molecule has 1 aromatic heterocycles. The third-order valence-electron chi connectivity index (χ3n) is 3.84. The van der Waals surface area contributed by atoms with Gasteiger partial charge in [-0.25, -0.2) is 4.98 Å². The fraction of sp³-hybridized carbons (Fsp3) is 0.375. The van der Waals surface area contributed by atoms with Crippen molar-refractivity contribution in [3.63, 3.8) is 0 Å². The molecule has 23 heavy (non-hydrogen) atoms. The van der Waals surface area contributed by atoms with E-state index in [1.54, 1.807) is 0 Å². The average molecular weight is 333 g/mol. The molecule has 1 aliphatic rings. The molecule has 122 valence electrons. The molecule has 0 radical (unpaired) electrons. The summed E-state index contributed by atoms with van der Waals surface area (Å²) in [7, 11) is 1.40. The number of ether oxygens (including phenoxy) is 2. The van der Waals surface area contributed by atoms with Gasteiger partial charge in [0.05, 0.1) is 25.0 Å². The number of benzene rings is 1. The zero-order valence-corrected chi connectivity index (χ0v) is 13.9. The predicted octanol–water partition coefficient (Wildman–Crippen LogP) is 2.54. The van der Waals surface area contributed by atoms with Crippen molar-refractivity contribution >= 4 is 28.1 Å². The predicted molar refractivity (Wildman–Crippen MR) is 90.9 cm³/mol. The van der Waals surface area contributed by atoms with E-state index >= 15 is 0 Å². The number of carbonyl (C=O) groups is 1. The number of rotatable bonds is 4. The van der Waals surface area contributed by atoms with Crippen molar-refractivity contribution in [3.05, 3.63) is 23.6 Å². The Bertz CT molecular complexity index is 716. The summed E-state index contributed by atoms with van der Waals surface area (Å²) in [5, 5.41) is 2.45. The fourth-order valence-corrected chi connectivity index (χ4v) is 3.16. The molecule has 0 bridgehead atoms. The third kappa shape index (κ3) is 3.24. The van der Waals surface area contributed by atoms with Crippen LogP contribution in [-0.2, 0) is 9.53 Å². The highest BCUT2D eigenvalue weighted by molar-refractivity contribution is 7.13. The van der Waals surface area contributed by atoms with Crippen LogP contribution >= 0.6 is 11.3 Å². The Morgan fingerprint density at radius 1 is 1.57 bits per heavy atom. The number of hydrogen-bond acceptors (Lipinski definition) is 7. The van der Waals surface area contributed by atoms with Gasteiger partial charge in [0.1, 0.15) is 18.4 Å². The average Bonchev–Trinajstić information content (AvgIpc) is 3.00. The number of esters is 1. The lowest BCUT2D eigenvalue weighted by molar-refractivity contribution is -0.139. The van der Waals surface area contributed by atoms with Gasteiger partial charge in [0.25, 0.3) is 0 Å². The number of carbonyl (C=O) groups excluding carboxylic acids is 1. The minimum absolute atomic E-state index is 0.0629. The zero-order valence-electron chi connectivity index (χ0n) is 13.1. The van der Waals surface area contributed by atoms with Gasteiger partial charge < -0.3 is 20.1 Å². The van der Waals surface area contributed by atoms with Crippen LogP contribution in [0.1, 0.15) is 13.3 Å². The van der Waals surface area contributed by atoms with Crippen LogP contribution in [0.3, 0.4) is 0 Å². The van der Waals surface area contributed by atoms with E-state index in [2.05, 4.69) is 11.9 Å². The van der Waals surface area contributed by atoms with Crippen molar-refractivity contribution in [3.8, 4) is 17.0 Å². The molecule has 1 aromatic carbocycles. The Kier molecular flexibility index (Phi) is 4.38. The summed E-state index contributed by atoms with van der Waals surface area (Å²) < 4.78 is 10.8. The van der Waals surface area contributed by atoms with E-state index in [-0.39, 0.29) is 18.6 Å². The van der Waals surface area contributed by atoms with Crippen LogP contribution in [0.15, 0.2) is 23.6 Å². The van der Waals surface area contributed by atoms with Gasteiger partial charge in [-0.2, -0.15) is 0 Å². The van der Waals surface area contributed by atoms with Crippen LogP contribution in [0.4, 0.5) is 10.8 Å². The number of hydrogen-bond donors (Lipinski definition) is 1. The maximum atomic E-state index is 11.7. The quantitative estimate of drug-likeness (QED) is 0.867. The standard InChI is InChI=1S/C16H19N3O3S/c1-3-11-7-19(8-15(20)21-2)13-6-10(4-5-14(13)22-11)12-9-23-16(17)18-12/h4-6,9,11H,3,7-8H2,1-2H3,(H2,17,18). The highest BCUT2D eigenvalue weighted by atomic mass is 32.1. The molecular weight excluding hydrogens is 314 g/mol. The van der Waals surface area contributed by atoms with E-state index in [0.717, 1.165) is 29.1 Å². The smallest absolute Gasteiger partial charge is 0.325 e. The Labute approximate surface area is 138 Å². The summed E-state index contributed by atoms with van der Waals surface area (Å²) in [4.78, 5) is 18.0. The topological polar surface area (TPSA) is 77.7 Å². The first-order valence-corrected chi connectivity index (χ1v) is 8.32. The number of methoxy groups -OCH3 is 1. The van der Waals surface area contributed by atoms with Gasteiger partial charge in [-0.15, -0.1) is 11.3 Å². The summed E-state index contributed by atoms with van der Waals surface area (Å²) in [5.74, 6) is 0.509. The second-order valence-electron chi connectivity index (χ2n) is 5.36. The summed E-state index contributed by atoms with van der Waals surface area (Å²) >= 11 is 1.40. The molecule has 0 aliphatic carbocycles. The maximum absolute atomic E-state index is 11.7. The number of nitrogens with zero attached hydrogens (tertiary/aromatic N) is 2. The van der Waals surface area contributed by atoms with Crippen molar-refractivity contribution in [1.29, 1.82) is 0 Å². The second-order valence-corrected chi connectivity index (χ2v) is 6.25. The summed E-state index contributed by atoms with van der Waals surface area (Å²) in [6.45, 7) is 2.92. The third-order valence-corrected chi connectivity index (χ3v) is 4.51. The van der Waals surface area contributed by atoms with E-state index in [4.69, 9.17) is 15.2 Å². The Morgan fingerprint density at radius 2 is 2.39 bits per heavy atom. The number of aromatic nitrogens is 1. The highest BCUT2D eigenvalue weighted by Gasteiger charge is 2.27. The van der Waals surface area contributed by atoms with Crippen LogP contribution in [-0.4, -0.2) is 37.3 Å². The highest BCUT2D eigenvalue weighted by Crippen LogP contribution is 2.37. The van der Waals surface area contributed by atoms with Crippen LogP contribution in [0.2, 0.25) is 0 Å². The molecule has 2 aromatic rings. The van der Waals surface area contributed by atoms with Gasteiger partial charge in [-0.1, -0.05) is 6.92 Å². The number of thiazole rings is 1. The van der Waals surface area contributed by atoms with Crippen molar-refractivity contribution in [2.45, 2.75) is 19.4 Å². The molecule has 1 unspecified atom stereocenters. The van der Waals surface area contributed by atoms with E-state index in [0.29, 0.717) is 11.7 Å².